The van der Waals surface area contributed by atoms with Gasteiger partial charge < -0.3 is 15.4 Å². The lowest BCUT2D eigenvalue weighted by Crippen LogP contribution is -2.30. The molecule has 43 heavy (non-hydrogen) atoms. The fourth-order valence-electron chi connectivity index (χ4n) is 4.41. The number of benzene rings is 4. The van der Waals surface area contributed by atoms with Crippen LogP contribution in [0.3, 0.4) is 0 Å². The van der Waals surface area contributed by atoms with Gasteiger partial charge in [-0.15, -0.1) is 0 Å². The van der Waals surface area contributed by atoms with Gasteiger partial charge in [0.25, 0.3) is 5.69 Å². The molecule has 0 saturated carbocycles. The number of sulfonamides is 1. The van der Waals surface area contributed by atoms with Crippen LogP contribution in [-0.2, 0) is 14.8 Å². The second kappa shape index (κ2) is 12.1. The number of anilines is 2. The fraction of sp³-hybridized carbons (Fsp3) is 0.0690. The summed E-state index contributed by atoms with van der Waals surface area (Å²) in [5.41, 5.74) is 2.84. The molecule has 4 aromatic carbocycles. The second-order valence-corrected chi connectivity index (χ2v) is 11.1. The number of carboxylic acid groups (broad SMARTS) is 1. The number of para-hydroxylation sites is 2. The van der Waals surface area contributed by atoms with Gasteiger partial charge in [-0.2, -0.15) is 0 Å². The number of rotatable bonds is 10. The number of urea groups is 1. The summed E-state index contributed by atoms with van der Waals surface area (Å²) < 4.78 is 29.0. The van der Waals surface area contributed by atoms with E-state index in [-0.39, 0.29) is 22.1 Å². The summed E-state index contributed by atoms with van der Waals surface area (Å²) in [5.74, 6) is -1.02. The van der Waals surface area contributed by atoms with Crippen molar-refractivity contribution in [1.82, 2.24) is 14.7 Å². The van der Waals surface area contributed by atoms with E-state index in [1.807, 2.05) is 24.3 Å². The number of carbonyl (C=O) groups excluding carboxylic acids is 1. The molecular formula is C29H24N6O7S. The Balaban J connectivity index is 1.34. The molecule has 0 spiro atoms. The van der Waals surface area contributed by atoms with E-state index in [1.54, 1.807) is 30.3 Å². The van der Waals surface area contributed by atoms with Crippen LogP contribution >= 0.6 is 0 Å². The number of carboxylic acids is 1. The van der Waals surface area contributed by atoms with Crippen LogP contribution in [0, 0.1) is 10.1 Å². The molecular weight excluding hydrogens is 576 g/mol. The summed E-state index contributed by atoms with van der Waals surface area (Å²) in [6, 6.07) is 23.4. The van der Waals surface area contributed by atoms with Crippen molar-refractivity contribution in [2.24, 2.45) is 0 Å². The van der Waals surface area contributed by atoms with E-state index in [2.05, 4.69) is 25.3 Å². The molecule has 0 fully saturated rings. The molecule has 5 N–H and O–H groups in total. The van der Waals surface area contributed by atoms with E-state index in [0.717, 1.165) is 11.6 Å². The molecule has 1 unspecified atom stereocenters. The van der Waals surface area contributed by atoms with Gasteiger partial charge in [0.1, 0.15) is 0 Å². The number of nitro groups is 1. The number of nitrogens with one attached hydrogen (secondary N) is 4. The fourth-order valence-corrected chi connectivity index (χ4v) is 5.68. The summed E-state index contributed by atoms with van der Waals surface area (Å²) in [6.45, 7) is 0. The number of fused-ring (bicyclic) bond motifs is 1. The van der Waals surface area contributed by atoms with Crippen LogP contribution in [0.15, 0.2) is 102 Å². The van der Waals surface area contributed by atoms with Crippen molar-refractivity contribution < 1.29 is 28.0 Å². The Morgan fingerprint density at radius 2 is 1.63 bits per heavy atom. The van der Waals surface area contributed by atoms with Crippen LogP contribution in [0.1, 0.15) is 18.0 Å². The highest BCUT2D eigenvalue weighted by molar-refractivity contribution is 7.89. The van der Waals surface area contributed by atoms with E-state index in [4.69, 9.17) is 0 Å². The molecule has 5 aromatic rings. The van der Waals surface area contributed by atoms with Crippen molar-refractivity contribution in [3.63, 3.8) is 0 Å². The number of imidazole rings is 1. The maximum atomic E-state index is 13.3. The zero-order valence-electron chi connectivity index (χ0n) is 22.2. The lowest BCUT2D eigenvalue weighted by Gasteiger charge is -2.18. The average molecular weight is 601 g/mol. The van der Waals surface area contributed by atoms with Crippen LogP contribution in [0.2, 0.25) is 0 Å². The first-order valence-electron chi connectivity index (χ1n) is 12.8. The third-order valence-corrected chi connectivity index (χ3v) is 7.85. The van der Waals surface area contributed by atoms with Crippen molar-refractivity contribution in [2.75, 3.05) is 10.6 Å². The van der Waals surface area contributed by atoms with E-state index < -0.39 is 39.4 Å². The van der Waals surface area contributed by atoms with Crippen molar-refractivity contribution in [3.8, 4) is 11.1 Å². The Morgan fingerprint density at radius 3 is 2.37 bits per heavy atom. The summed E-state index contributed by atoms with van der Waals surface area (Å²) >= 11 is 0. The molecule has 1 aromatic heterocycles. The van der Waals surface area contributed by atoms with Crippen molar-refractivity contribution in [3.05, 3.63) is 113 Å². The monoisotopic (exact) mass is 600 g/mol. The van der Waals surface area contributed by atoms with E-state index in [9.17, 15) is 33.2 Å². The first-order valence-corrected chi connectivity index (χ1v) is 14.3. The van der Waals surface area contributed by atoms with Crippen LogP contribution in [0.5, 0.6) is 0 Å². The third-order valence-electron chi connectivity index (χ3n) is 6.38. The first-order chi connectivity index (χ1) is 20.6. The zero-order chi connectivity index (χ0) is 30.6. The molecule has 5 rings (SSSR count). The largest absolute Gasteiger partial charge is 0.481 e. The Morgan fingerprint density at radius 1 is 0.907 bits per heavy atom. The van der Waals surface area contributed by atoms with Crippen molar-refractivity contribution in [1.29, 1.82) is 0 Å². The minimum absolute atomic E-state index is 0.135. The van der Waals surface area contributed by atoms with Crippen LogP contribution in [-0.4, -0.2) is 40.4 Å². The predicted octanol–water partition coefficient (Wildman–Crippen LogP) is 5.28. The van der Waals surface area contributed by atoms with E-state index >= 15 is 0 Å². The second-order valence-electron chi connectivity index (χ2n) is 9.41. The number of nitro benzene ring substituents is 1. The number of hydrogen-bond donors (Lipinski definition) is 5. The van der Waals surface area contributed by atoms with Gasteiger partial charge in [0.15, 0.2) is 0 Å². The lowest BCUT2D eigenvalue weighted by atomic mass is 10.0. The van der Waals surface area contributed by atoms with Gasteiger partial charge in [0.2, 0.25) is 16.0 Å². The van der Waals surface area contributed by atoms with E-state index in [1.165, 1.54) is 36.4 Å². The maximum Gasteiger partial charge on any atom is 0.326 e. The molecule has 2 amide bonds. The molecule has 0 aliphatic heterocycles. The van der Waals surface area contributed by atoms with Crippen LogP contribution in [0.25, 0.3) is 22.2 Å². The van der Waals surface area contributed by atoms with Gasteiger partial charge in [0.05, 0.1) is 33.3 Å². The number of carbonyl (C=O) groups is 2. The number of aliphatic carboxylic acids is 1. The van der Waals surface area contributed by atoms with Crippen LogP contribution < -0.4 is 15.4 Å². The topological polar surface area (TPSA) is 196 Å². The molecule has 0 aliphatic carbocycles. The highest BCUT2D eigenvalue weighted by atomic mass is 32.2. The minimum Gasteiger partial charge on any atom is -0.481 e. The van der Waals surface area contributed by atoms with Crippen molar-refractivity contribution in [2.45, 2.75) is 17.4 Å². The minimum atomic E-state index is -4.27. The van der Waals surface area contributed by atoms with Gasteiger partial charge in [-0.3, -0.25) is 20.2 Å². The molecule has 0 aliphatic rings. The zero-order valence-corrected chi connectivity index (χ0v) is 23.0. The summed E-state index contributed by atoms with van der Waals surface area (Å²) in [7, 11) is -4.27. The molecule has 0 saturated heterocycles. The number of amides is 2. The maximum absolute atomic E-state index is 13.3. The summed E-state index contributed by atoms with van der Waals surface area (Å²) in [6.07, 6.45) is -0.635. The van der Waals surface area contributed by atoms with Crippen molar-refractivity contribution >= 4 is 50.4 Å². The predicted molar refractivity (Wildman–Crippen MR) is 159 cm³/mol. The highest BCUT2D eigenvalue weighted by Crippen LogP contribution is 2.28. The average Bonchev–Trinajstić information content (AvgIpc) is 3.39. The van der Waals surface area contributed by atoms with Gasteiger partial charge in [-0.05, 0) is 53.1 Å². The summed E-state index contributed by atoms with van der Waals surface area (Å²) in [5, 5.41) is 25.9. The quantitative estimate of drug-likeness (QED) is 0.105. The third kappa shape index (κ3) is 7.01. The SMILES string of the molecule is O=C(O)CC(NS(=O)(=O)c1cccc(-c2cccc(NC(=O)Nc3nc4ccccc4[nH]3)c2)c1)c1cccc([N+](=O)[O-])c1. The number of aromatic nitrogens is 2. The molecule has 218 valence electrons. The Kier molecular flexibility index (Phi) is 8.14. The molecule has 1 atom stereocenters. The Hall–Kier alpha value is -5.60. The number of hydrogen-bond acceptors (Lipinski definition) is 7. The van der Waals surface area contributed by atoms with Gasteiger partial charge in [0, 0.05) is 17.8 Å². The van der Waals surface area contributed by atoms with E-state index in [0.29, 0.717) is 22.3 Å². The first kappa shape index (κ1) is 28.9. The van der Waals surface area contributed by atoms with Gasteiger partial charge in [-0.1, -0.05) is 48.5 Å². The number of aromatic amines is 1. The van der Waals surface area contributed by atoms with Gasteiger partial charge in [-0.25, -0.2) is 22.9 Å². The Labute approximate surface area is 244 Å². The number of nitrogens with zero attached hydrogens (tertiary/aromatic N) is 2. The van der Waals surface area contributed by atoms with Crippen LogP contribution in [0.4, 0.5) is 22.1 Å². The smallest absolute Gasteiger partial charge is 0.326 e. The standard InChI is InChI=1S/C29H24N6O7S/c36-27(37)17-26(20-8-4-10-22(15-20)35(39)40)34-43(41,42)23-11-5-7-19(16-23)18-6-3-9-21(14-18)30-29(38)33-28-31-24-12-1-2-13-25(24)32-28/h1-16,26,34H,17H2,(H,36,37)(H3,30,31,32,33,38). The van der Waals surface area contributed by atoms with Gasteiger partial charge >= 0.3 is 12.0 Å². The molecule has 1 heterocycles. The lowest BCUT2D eigenvalue weighted by molar-refractivity contribution is -0.384. The normalized spacial score (nSPS) is 12.0. The Bertz CT molecular complexity index is 1920. The molecule has 0 radical (unpaired) electrons. The molecule has 14 heteroatoms. The summed E-state index contributed by atoms with van der Waals surface area (Å²) in [4.78, 5) is 41.8. The number of H-pyrrole nitrogens is 1. The molecule has 0 bridgehead atoms. The number of non-ortho nitro benzene ring substituents is 1. The molecule has 13 nitrogen and oxygen atoms in total. The highest BCUT2D eigenvalue weighted by Gasteiger charge is 2.25.